The molecule has 0 unspecified atom stereocenters. The van der Waals surface area contributed by atoms with Crippen molar-refractivity contribution in [2.75, 3.05) is 13.1 Å². The van der Waals surface area contributed by atoms with E-state index in [0.717, 1.165) is 32.5 Å². The van der Waals surface area contributed by atoms with E-state index in [4.69, 9.17) is 10.4 Å². The Balaban J connectivity index is 1.55. The molecule has 0 atom stereocenters. The van der Waals surface area contributed by atoms with Crippen molar-refractivity contribution in [1.29, 1.82) is 5.26 Å². The number of piperidine rings is 1. The van der Waals surface area contributed by atoms with Crippen LogP contribution in [0.3, 0.4) is 0 Å². The van der Waals surface area contributed by atoms with Crippen LogP contribution in [0.25, 0.3) is 0 Å². The predicted octanol–water partition coefficient (Wildman–Crippen LogP) is 3.12. The maximum atomic E-state index is 9.17. The van der Waals surface area contributed by atoms with Gasteiger partial charge in [0.1, 0.15) is 0 Å². The smallest absolute Gasteiger partial charge is 0.0764 e. The Kier molecular flexibility index (Phi) is 3.80. The minimum atomic E-state index is -0.111. The van der Waals surface area contributed by atoms with E-state index in [9.17, 15) is 0 Å². The molecule has 0 spiro atoms. The highest BCUT2D eigenvalue weighted by molar-refractivity contribution is 5.03. The first-order valence-electron chi connectivity index (χ1n) is 7.86. The molecule has 0 aromatic carbocycles. The third kappa shape index (κ3) is 2.88. The van der Waals surface area contributed by atoms with Crippen LogP contribution in [0.1, 0.15) is 57.2 Å². The lowest BCUT2D eigenvalue weighted by Gasteiger charge is -2.34. The lowest BCUT2D eigenvalue weighted by atomic mass is 9.82. The fraction of sp³-hybridized carbons (Fsp3) is 0.750. The minimum absolute atomic E-state index is 0.111. The van der Waals surface area contributed by atoms with Gasteiger partial charge in [0.25, 0.3) is 0 Å². The van der Waals surface area contributed by atoms with Crippen molar-refractivity contribution in [2.45, 2.75) is 58.0 Å². The zero-order chi connectivity index (χ0) is 14.0. The molecule has 0 N–H and O–H groups in total. The fourth-order valence-electron chi connectivity index (χ4n) is 3.38. The highest BCUT2D eigenvalue weighted by atomic mass is 15.3. The van der Waals surface area contributed by atoms with E-state index >= 15 is 0 Å². The molecule has 1 saturated heterocycles. The molecule has 1 aromatic heterocycles. The summed E-state index contributed by atoms with van der Waals surface area (Å²) in [5.41, 5.74) is 1.07. The average molecular weight is 272 g/mol. The maximum Gasteiger partial charge on any atom is 0.0764 e. The van der Waals surface area contributed by atoms with E-state index in [-0.39, 0.29) is 5.41 Å². The van der Waals surface area contributed by atoms with Crippen LogP contribution in [-0.4, -0.2) is 27.8 Å². The number of hydrogen-bond acceptors (Lipinski definition) is 3. The molecule has 3 rings (SSSR count). The van der Waals surface area contributed by atoms with Gasteiger partial charge in [-0.05, 0) is 38.7 Å². The maximum absolute atomic E-state index is 9.17. The summed E-state index contributed by atoms with van der Waals surface area (Å²) in [7, 11) is 0. The number of nitrogens with zero attached hydrogens (tertiary/aromatic N) is 4. The van der Waals surface area contributed by atoms with Crippen LogP contribution in [0.4, 0.5) is 0 Å². The van der Waals surface area contributed by atoms with Gasteiger partial charge in [-0.2, -0.15) is 10.4 Å². The summed E-state index contributed by atoms with van der Waals surface area (Å²) in [4.78, 5) is 2.43. The summed E-state index contributed by atoms with van der Waals surface area (Å²) in [5.74, 6) is 0. The predicted molar refractivity (Wildman–Crippen MR) is 78.0 cm³/mol. The van der Waals surface area contributed by atoms with Crippen molar-refractivity contribution in [3.8, 4) is 6.07 Å². The van der Waals surface area contributed by atoms with Crippen molar-refractivity contribution in [1.82, 2.24) is 14.7 Å². The van der Waals surface area contributed by atoms with E-state index in [2.05, 4.69) is 34.8 Å². The second-order valence-electron chi connectivity index (χ2n) is 6.67. The molecule has 4 nitrogen and oxygen atoms in total. The molecular formula is C16H24N4. The summed E-state index contributed by atoms with van der Waals surface area (Å²) < 4.78 is 2.17. The lowest BCUT2D eigenvalue weighted by molar-refractivity contribution is 0.148. The van der Waals surface area contributed by atoms with E-state index in [1.165, 1.54) is 31.4 Å². The molecule has 4 heteroatoms. The molecule has 2 fully saturated rings. The standard InChI is InChI=1S/C16H24N4/c1-16(13-17)7-10-19(11-8-16)12-14-6-9-20(18-14)15-4-2-3-5-15/h6,9,15H,2-5,7-8,10-12H2,1H3. The summed E-state index contributed by atoms with van der Waals surface area (Å²) in [5, 5.41) is 13.9. The molecule has 1 aliphatic carbocycles. The van der Waals surface area contributed by atoms with Crippen molar-refractivity contribution in [3.63, 3.8) is 0 Å². The van der Waals surface area contributed by atoms with Gasteiger partial charge in [0, 0.05) is 25.8 Å². The van der Waals surface area contributed by atoms with Crippen LogP contribution in [0.15, 0.2) is 12.3 Å². The van der Waals surface area contributed by atoms with Gasteiger partial charge in [0.05, 0.1) is 23.2 Å². The first kappa shape index (κ1) is 13.6. The van der Waals surface area contributed by atoms with Crippen LogP contribution in [0, 0.1) is 16.7 Å². The van der Waals surface area contributed by atoms with Gasteiger partial charge in [-0.15, -0.1) is 0 Å². The summed E-state index contributed by atoms with van der Waals surface area (Å²) in [6.45, 7) is 5.04. The Morgan fingerprint density at radius 3 is 2.70 bits per heavy atom. The van der Waals surface area contributed by atoms with Crippen molar-refractivity contribution < 1.29 is 0 Å². The van der Waals surface area contributed by atoms with Gasteiger partial charge >= 0.3 is 0 Å². The quantitative estimate of drug-likeness (QED) is 0.849. The lowest BCUT2D eigenvalue weighted by Crippen LogP contribution is -2.37. The van der Waals surface area contributed by atoms with E-state index in [1.54, 1.807) is 0 Å². The number of aromatic nitrogens is 2. The molecular weight excluding hydrogens is 248 g/mol. The Hall–Kier alpha value is -1.34. The Bertz CT molecular complexity index is 485. The number of rotatable bonds is 3. The highest BCUT2D eigenvalue weighted by Gasteiger charge is 2.30. The monoisotopic (exact) mass is 272 g/mol. The first-order chi connectivity index (χ1) is 9.68. The third-order valence-electron chi connectivity index (χ3n) is 4.98. The molecule has 0 bridgehead atoms. The molecule has 1 aliphatic heterocycles. The molecule has 2 aliphatic rings. The molecule has 1 saturated carbocycles. The van der Waals surface area contributed by atoms with Gasteiger partial charge in [-0.3, -0.25) is 9.58 Å². The van der Waals surface area contributed by atoms with Gasteiger partial charge in [-0.25, -0.2) is 0 Å². The fourth-order valence-corrected chi connectivity index (χ4v) is 3.38. The molecule has 1 aromatic rings. The Morgan fingerprint density at radius 2 is 2.05 bits per heavy atom. The van der Waals surface area contributed by atoms with E-state index in [1.807, 2.05) is 0 Å². The van der Waals surface area contributed by atoms with Crippen molar-refractivity contribution >= 4 is 0 Å². The Morgan fingerprint density at radius 1 is 1.35 bits per heavy atom. The Labute approximate surface area is 121 Å². The summed E-state index contributed by atoms with van der Waals surface area (Å²) >= 11 is 0. The van der Waals surface area contributed by atoms with Crippen molar-refractivity contribution in [2.24, 2.45) is 5.41 Å². The normalized spacial score (nSPS) is 23.8. The molecule has 0 amide bonds. The largest absolute Gasteiger partial charge is 0.297 e. The summed E-state index contributed by atoms with van der Waals surface area (Å²) in [6, 6.07) is 5.25. The topological polar surface area (TPSA) is 44.9 Å². The number of nitriles is 1. The second kappa shape index (κ2) is 5.57. The van der Waals surface area contributed by atoms with Crippen LogP contribution in [0.2, 0.25) is 0 Å². The number of hydrogen-bond donors (Lipinski definition) is 0. The average Bonchev–Trinajstić information content (AvgIpc) is 3.12. The zero-order valence-electron chi connectivity index (χ0n) is 12.4. The van der Waals surface area contributed by atoms with Crippen LogP contribution >= 0.6 is 0 Å². The molecule has 108 valence electrons. The van der Waals surface area contributed by atoms with Crippen LogP contribution in [0.5, 0.6) is 0 Å². The van der Waals surface area contributed by atoms with Gasteiger partial charge < -0.3 is 0 Å². The van der Waals surface area contributed by atoms with Gasteiger partial charge in [0.2, 0.25) is 0 Å². The number of likely N-dealkylation sites (tertiary alicyclic amines) is 1. The summed E-state index contributed by atoms with van der Waals surface area (Å²) in [6.07, 6.45) is 9.36. The minimum Gasteiger partial charge on any atom is -0.297 e. The molecule has 20 heavy (non-hydrogen) atoms. The van der Waals surface area contributed by atoms with Gasteiger partial charge in [0.15, 0.2) is 0 Å². The molecule has 2 heterocycles. The van der Waals surface area contributed by atoms with Crippen LogP contribution in [-0.2, 0) is 6.54 Å². The highest BCUT2D eigenvalue weighted by Crippen LogP contribution is 2.31. The van der Waals surface area contributed by atoms with Crippen LogP contribution < -0.4 is 0 Å². The first-order valence-corrected chi connectivity index (χ1v) is 7.86. The van der Waals surface area contributed by atoms with Gasteiger partial charge in [-0.1, -0.05) is 12.8 Å². The second-order valence-corrected chi connectivity index (χ2v) is 6.67. The van der Waals surface area contributed by atoms with E-state index in [0.29, 0.717) is 6.04 Å². The van der Waals surface area contributed by atoms with Crippen molar-refractivity contribution in [3.05, 3.63) is 18.0 Å². The van der Waals surface area contributed by atoms with E-state index < -0.39 is 0 Å². The zero-order valence-corrected chi connectivity index (χ0v) is 12.4. The SMILES string of the molecule is CC1(C#N)CCN(Cc2ccn(C3CCCC3)n2)CC1. The third-order valence-corrected chi connectivity index (χ3v) is 4.98. The molecule has 0 radical (unpaired) electrons.